The summed E-state index contributed by atoms with van der Waals surface area (Å²) >= 11 is 0. The van der Waals surface area contributed by atoms with Crippen LogP contribution in [-0.2, 0) is 0 Å². The maximum Gasteiger partial charge on any atom is 0.321 e. The number of fused-ring (bicyclic) bond motifs is 3. The Bertz CT molecular complexity index is 1260. The maximum atomic E-state index is 12.9. The van der Waals surface area contributed by atoms with Crippen LogP contribution in [0.1, 0.15) is 17.5 Å². The molecule has 0 bridgehead atoms. The van der Waals surface area contributed by atoms with Gasteiger partial charge in [0.15, 0.2) is 5.82 Å². The molecule has 1 aliphatic heterocycles. The highest BCUT2D eigenvalue weighted by molar-refractivity contribution is 5.90. The largest absolute Gasteiger partial charge is 0.353 e. The predicted molar refractivity (Wildman–Crippen MR) is 126 cm³/mol. The van der Waals surface area contributed by atoms with Crippen LogP contribution in [0.25, 0.3) is 16.6 Å². The van der Waals surface area contributed by atoms with Crippen LogP contribution >= 0.6 is 0 Å². The highest BCUT2D eigenvalue weighted by Gasteiger charge is 2.22. The van der Waals surface area contributed by atoms with Crippen LogP contribution in [0.2, 0.25) is 0 Å². The van der Waals surface area contributed by atoms with Crippen molar-refractivity contribution in [3.63, 3.8) is 0 Å². The first-order valence-corrected chi connectivity index (χ1v) is 10.8. The van der Waals surface area contributed by atoms with Crippen molar-refractivity contribution in [3.05, 3.63) is 71.9 Å². The van der Waals surface area contributed by atoms with Gasteiger partial charge in [-0.15, -0.1) is 0 Å². The van der Waals surface area contributed by atoms with E-state index >= 15 is 0 Å². The van der Waals surface area contributed by atoms with Crippen LogP contribution in [0, 0.1) is 13.8 Å². The molecule has 1 fully saturated rings. The van der Waals surface area contributed by atoms with E-state index in [-0.39, 0.29) is 6.03 Å². The highest BCUT2D eigenvalue weighted by Crippen LogP contribution is 2.26. The van der Waals surface area contributed by atoms with Gasteiger partial charge < -0.3 is 19.5 Å². The van der Waals surface area contributed by atoms with Crippen LogP contribution in [0.3, 0.4) is 0 Å². The average molecular weight is 414 g/mol. The second kappa shape index (κ2) is 7.95. The van der Waals surface area contributed by atoms with Crippen molar-refractivity contribution in [2.75, 3.05) is 36.4 Å². The van der Waals surface area contributed by atoms with Gasteiger partial charge in [0.05, 0.1) is 16.6 Å². The minimum absolute atomic E-state index is 0.0342. The molecule has 2 aromatic carbocycles. The molecule has 3 heterocycles. The van der Waals surface area contributed by atoms with E-state index in [1.807, 2.05) is 36.1 Å². The Labute approximate surface area is 182 Å². The fraction of sp³-hybridized carbons (Fsp3) is 0.280. The van der Waals surface area contributed by atoms with Crippen LogP contribution in [0.5, 0.6) is 0 Å². The summed E-state index contributed by atoms with van der Waals surface area (Å²) in [6.07, 6.45) is 2.99. The lowest BCUT2D eigenvalue weighted by molar-refractivity contribution is 0.215. The van der Waals surface area contributed by atoms with E-state index in [1.54, 1.807) is 0 Å². The number of urea groups is 1. The zero-order chi connectivity index (χ0) is 21.4. The molecule has 0 unspecified atom stereocenters. The highest BCUT2D eigenvalue weighted by atomic mass is 16.2. The first-order chi connectivity index (χ1) is 15.1. The number of rotatable bonds is 2. The molecule has 1 aliphatic rings. The Kier molecular flexibility index (Phi) is 4.98. The van der Waals surface area contributed by atoms with E-state index in [0.29, 0.717) is 6.54 Å². The van der Waals surface area contributed by atoms with Crippen molar-refractivity contribution < 1.29 is 4.79 Å². The standard InChI is InChI=1S/C25H27N5O/c1-18-10-11-20(19(2)17-18)27-25(31)29-13-6-12-28(15-16-29)24-23-9-5-14-30(23)22-8-4-3-7-21(22)26-24/h3-5,7-11,14,17H,6,12-13,15-16H2,1-2H3,(H,27,31). The average Bonchev–Trinajstić information content (AvgIpc) is 3.13. The lowest BCUT2D eigenvalue weighted by Crippen LogP contribution is -2.38. The maximum absolute atomic E-state index is 12.9. The molecule has 1 saturated heterocycles. The van der Waals surface area contributed by atoms with Crippen LogP contribution in [0.15, 0.2) is 60.8 Å². The van der Waals surface area contributed by atoms with Crippen molar-refractivity contribution in [3.8, 4) is 0 Å². The third kappa shape index (κ3) is 3.69. The Balaban J connectivity index is 1.36. The van der Waals surface area contributed by atoms with Gasteiger partial charge in [0.2, 0.25) is 0 Å². The normalized spacial score (nSPS) is 14.8. The number of nitrogens with one attached hydrogen (secondary N) is 1. The summed E-state index contributed by atoms with van der Waals surface area (Å²) in [5.74, 6) is 0.986. The fourth-order valence-corrected chi connectivity index (χ4v) is 4.42. The number of anilines is 2. The first kappa shape index (κ1) is 19.4. The molecule has 0 saturated carbocycles. The van der Waals surface area contributed by atoms with Gasteiger partial charge in [0.25, 0.3) is 0 Å². The molecular weight excluding hydrogens is 386 g/mol. The Morgan fingerprint density at radius 2 is 1.77 bits per heavy atom. The minimum Gasteiger partial charge on any atom is -0.353 e. The Hall–Kier alpha value is -3.54. The number of aryl methyl sites for hydroxylation is 2. The molecule has 0 radical (unpaired) electrons. The molecule has 2 amide bonds. The van der Waals surface area contributed by atoms with E-state index < -0.39 is 0 Å². The fourth-order valence-electron chi connectivity index (χ4n) is 4.42. The molecule has 0 atom stereocenters. The van der Waals surface area contributed by atoms with E-state index in [2.05, 4.69) is 58.1 Å². The van der Waals surface area contributed by atoms with Crippen molar-refractivity contribution in [2.45, 2.75) is 20.3 Å². The molecule has 31 heavy (non-hydrogen) atoms. The monoisotopic (exact) mass is 413 g/mol. The van der Waals surface area contributed by atoms with Gasteiger partial charge in [0.1, 0.15) is 0 Å². The number of aromatic nitrogens is 2. The number of benzene rings is 2. The second-order valence-electron chi connectivity index (χ2n) is 8.26. The topological polar surface area (TPSA) is 52.9 Å². The van der Waals surface area contributed by atoms with Gasteiger partial charge in [-0.1, -0.05) is 29.8 Å². The van der Waals surface area contributed by atoms with Gasteiger partial charge in [-0.2, -0.15) is 0 Å². The molecule has 5 rings (SSSR count). The summed E-state index contributed by atoms with van der Waals surface area (Å²) in [6, 6.07) is 18.5. The minimum atomic E-state index is -0.0342. The molecule has 6 nitrogen and oxygen atoms in total. The number of nitrogens with zero attached hydrogens (tertiary/aromatic N) is 4. The van der Waals surface area contributed by atoms with Crippen LogP contribution < -0.4 is 10.2 Å². The summed E-state index contributed by atoms with van der Waals surface area (Å²) in [5, 5.41) is 3.09. The lowest BCUT2D eigenvalue weighted by atomic mass is 10.1. The zero-order valence-electron chi connectivity index (χ0n) is 18.0. The molecule has 2 aromatic heterocycles. The number of hydrogen-bond donors (Lipinski definition) is 1. The van der Waals surface area contributed by atoms with Gasteiger partial charge in [-0.25, -0.2) is 9.78 Å². The summed E-state index contributed by atoms with van der Waals surface area (Å²) in [6.45, 7) is 7.12. The summed E-state index contributed by atoms with van der Waals surface area (Å²) in [7, 11) is 0. The summed E-state index contributed by atoms with van der Waals surface area (Å²) < 4.78 is 2.20. The molecule has 1 N–H and O–H groups in total. The molecule has 158 valence electrons. The first-order valence-electron chi connectivity index (χ1n) is 10.8. The number of para-hydroxylation sites is 2. The van der Waals surface area contributed by atoms with Gasteiger partial charge in [0, 0.05) is 38.1 Å². The van der Waals surface area contributed by atoms with Gasteiger partial charge in [-0.3, -0.25) is 0 Å². The zero-order valence-corrected chi connectivity index (χ0v) is 18.0. The van der Waals surface area contributed by atoms with Crippen molar-refractivity contribution >= 4 is 34.1 Å². The predicted octanol–water partition coefficient (Wildman–Crippen LogP) is 4.85. The smallest absolute Gasteiger partial charge is 0.321 e. The second-order valence-corrected chi connectivity index (χ2v) is 8.26. The number of carbonyl (C=O) groups excluding carboxylic acids is 1. The van der Waals surface area contributed by atoms with E-state index in [0.717, 1.165) is 59.7 Å². The van der Waals surface area contributed by atoms with Crippen LogP contribution in [0.4, 0.5) is 16.3 Å². The van der Waals surface area contributed by atoms with Gasteiger partial charge >= 0.3 is 6.03 Å². The number of hydrogen-bond acceptors (Lipinski definition) is 3. The molecule has 6 heteroatoms. The molecule has 4 aromatic rings. The quantitative estimate of drug-likeness (QED) is 0.511. The van der Waals surface area contributed by atoms with E-state index in [4.69, 9.17) is 4.98 Å². The Morgan fingerprint density at radius 3 is 2.65 bits per heavy atom. The number of amides is 2. The van der Waals surface area contributed by atoms with Crippen molar-refractivity contribution in [1.82, 2.24) is 14.3 Å². The van der Waals surface area contributed by atoms with Crippen LogP contribution in [-0.4, -0.2) is 46.5 Å². The lowest BCUT2D eigenvalue weighted by Gasteiger charge is -2.24. The van der Waals surface area contributed by atoms with Crippen molar-refractivity contribution in [1.29, 1.82) is 0 Å². The summed E-state index contributed by atoms with van der Waals surface area (Å²) in [5.41, 5.74) is 6.35. The Morgan fingerprint density at radius 1 is 0.935 bits per heavy atom. The third-order valence-electron chi connectivity index (χ3n) is 6.05. The summed E-state index contributed by atoms with van der Waals surface area (Å²) in [4.78, 5) is 22.1. The number of carbonyl (C=O) groups is 1. The third-order valence-corrected chi connectivity index (χ3v) is 6.05. The molecule has 0 aliphatic carbocycles. The van der Waals surface area contributed by atoms with E-state index in [1.165, 1.54) is 5.56 Å². The molecular formula is C25H27N5O. The van der Waals surface area contributed by atoms with Crippen molar-refractivity contribution in [2.24, 2.45) is 0 Å². The van der Waals surface area contributed by atoms with E-state index in [9.17, 15) is 4.79 Å². The van der Waals surface area contributed by atoms with Gasteiger partial charge in [-0.05, 0) is 56.2 Å². The SMILES string of the molecule is Cc1ccc(NC(=O)N2CCCN(c3nc4ccccc4n4cccc34)CC2)c(C)c1. The molecule has 0 spiro atoms.